The summed E-state index contributed by atoms with van der Waals surface area (Å²) >= 11 is 0. The number of amides is 1. The highest BCUT2D eigenvalue weighted by Crippen LogP contribution is 2.42. The van der Waals surface area contributed by atoms with Gasteiger partial charge in [-0.05, 0) is 37.8 Å². The number of nitrogens with zero attached hydrogens (tertiary/aromatic N) is 1. The minimum atomic E-state index is -2.65. The van der Waals surface area contributed by atoms with Crippen LogP contribution in [0.4, 0.5) is 8.78 Å². The first-order chi connectivity index (χ1) is 12.5. The van der Waals surface area contributed by atoms with E-state index in [1.165, 1.54) is 0 Å². The molecule has 1 heterocycles. The van der Waals surface area contributed by atoms with E-state index in [1.54, 1.807) is 6.20 Å². The zero-order valence-electron chi connectivity index (χ0n) is 14.5. The Morgan fingerprint density at radius 1 is 1.15 bits per heavy atom. The molecule has 2 aromatic rings. The molecule has 1 aromatic heterocycles. The Labute approximate surface area is 150 Å². The van der Waals surface area contributed by atoms with Crippen molar-refractivity contribution in [3.05, 3.63) is 36.7 Å². The monoisotopic (exact) mass is 360 g/mol. The predicted octanol–water partition coefficient (Wildman–Crippen LogP) is 4.09. The molecule has 138 valence electrons. The third-order valence-corrected chi connectivity index (χ3v) is 5.42. The van der Waals surface area contributed by atoms with Crippen molar-refractivity contribution in [1.29, 1.82) is 0 Å². The highest BCUT2D eigenvalue weighted by atomic mass is 19.3. The summed E-state index contributed by atoms with van der Waals surface area (Å²) in [5, 5.41) is 5.03. The second-order valence-electron chi connectivity index (χ2n) is 7.41. The molecule has 2 aliphatic carbocycles. The second-order valence-corrected chi connectivity index (χ2v) is 7.41. The molecule has 1 aromatic carbocycles. The van der Waals surface area contributed by atoms with Crippen molar-refractivity contribution in [3.63, 3.8) is 0 Å². The molecule has 6 heteroatoms. The molecule has 0 saturated heterocycles. The average molecular weight is 360 g/mol. The summed E-state index contributed by atoms with van der Waals surface area (Å²) in [7, 11) is 0. The van der Waals surface area contributed by atoms with Gasteiger partial charge in [-0.25, -0.2) is 8.78 Å². The predicted molar refractivity (Wildman–Crippen MR) is 94.2 cm³/mol. The number of alkyl halides is 2. The summed E-state index contributed by atoms with van der Waals surface area (Å²) < 4.78 is 32.0. The van der Waals surface area contributed by atoms with Gasteiger partial charge in [0.15, 0.2) is 0 Å². The van der Waals surface area contributed by atoms with E-state index in [0.717, 1.165) is 42.2 Å². The van der Waals surface area contributed by atoms with Crippen molar-refractivity contribution in [2.45, 2.75) is 56.6 Å². The number of benzene rings is 1. The summed E-state index contributed by atoms with van der Waals surface area (Å²) in [5.41, 5.74) is 0. The fourth-order valence-corrected chi connectivity index (χ4v) is 3.87. The van der Waals surface area contributed by atoms with Crippen LogP contribution in [0, 0.1) is 5.92 Å². The lowest BCUT2D eigenvalue weighted by molar-refractivity contribution is -0.151. The van der Waals surface area contributed by atoms with Crippen molar-refractivity contribution in [3.8, 4) is 5.75 Å². The summed E-state index contributed by atoms with van der Waals surface area (Å²) in [6.07, 6.45) is 6.36. The van der Waals surface area contributed by atoms with Crippen LogP contribution in [-0.2, 0) is 4.79 Å². The third-order valence-electron chi connectivity index (χ3n) is 5.42. The molecule has 0 atom stereocenters. The summed E-state index contributed by atoms with van der Waals surface area (Å²) in [4.78, 5) is 16.1. The number of fused-ring (bicyclic) bond motifs is 1. The van der Waals surface area contributed by atoms with Crippen LogP contribution in [0.25, 0.3) is 10.8 Å². The number of hydrogen-bond acceptors (Lipinski definition) is 3. The average Bonchev–Trinajstić information content (AvgIpc) is 2.61. The highest BCUT2D eigenvalue weighted by Gasteiger charge is 2.48. The lowest BCUT2D eigenvalue weighted by Crippen LogP contribution is -2.49. The molecule has 2 fully saturated rings. The van der Waals surface area contributed by atoms with Crippen LogP contribution in [0.5, 0.6) is 5.75 Å². The smallest absolute Gasteiger partial charge is 0.249 e. The number of halogens is 2. The maximum absolute atomic E-state index is 12.9. The number of ether oxygens (including phenoxy) is 1. The van der Waals surface area contributed by atoms with E-state index in [4.69, 9.17) is 4.74 Å². The number of hydrogen-bond donors (Lipinski definition) is 1. The van der Waals surface area contributed by atoms with Crippen LogP contribution < -0.4 is 10.1 Å². The van der Waals surface area contributed by atoms with Crippen LogP contribution in [0.1, 0.15) is 38.5 Å². The van der Waals surface area contributed by atoms with Gasteiger partial charge in [0.1, 0.15) is 5.75 Å². The minimum absolute atomic E-state index is 0.0632. The normalized spacial score (nSPS) is 25.5. The van der Waals surface area contributed by atoms with Gasteiger partial charge < -0.3 is 10.1 Å². The van der Waals surface area contributed by atoms with Crippen LogP contribution in [0.3, 0.4) is 0 Å². The maximum atomic E-state index is 12.9. The second kappa shape index (κ2) is 6.82. The van der Waals surface area contributed by atoms with Crippen LogP contribution in [-0.4, -0.2) is 29.0 Å². The third kappa shape index (κ3) is 3.64. The fraction of sp³-hybridized carbons (Fsp3) is 0.500. The molecular formula is C20H22F2N2O2. The molecule has 0 unspecified atom stereocenters. The Balaban J connectivity index is 1.29. The SMILES string of the molecule is O=C(NC1CCC(Oc2cccc3cnccc23)CC1)C1CC(F)(F)C1. The van der Waals surface area contributed by atoms with E-state index in [2.05, 4.69) is 10.3 Å². The Bertz CT molecular complexity index is 790. The highest BCUT2D eigenvalue weighted by molar-refractivity contribution is 5.87. The Hall–Kier alpha value is -2.24. The quantitative estimate of drug-likeness (QED) is 0.894. The molecule has 26 heavy (non-hydrogen) atoms. The molecule has 2 aliphatic rings. The van der Waals surface area contributed by atoms with E-state index in [0.29, 0.717) is 0 Å². The van der Waals surface area contributed by atoms with Crippen molar-refractivity contribution in [1.82, 2.24) is 10.3 Å². The molecule has 4 rings (SSSR count). The zero-order valence-corrected chi connectivity index (χ0v) is 14.5. The molecule has 4 nitrogen and oxygen atoms in total. The molecule has 1 amide bonds. The number of nitrogens with one attached hydrogen (secondary N) is 1. The van der Waals surface area contributed by atoms with Gasteiger partial charge in [-0.2, -0.15) is 0 Å². The van der Waals surface area contributed by atoms with Gasteiger partial charge in [-0.15, -0.1) is 0 Å². The zero-order chi connectivity index (χ0) is 18.1. The van der Waals surface area contributed by atoms with Gasteiger partial charge in [0.05, 0.1) is 6.10 Å². The first kappa shape index (κ1) is 17.2. The Kier molecular flexibility index (Phi) is 4.51. The van der Waals surface area contributed by atoms with Crippen molar-refractivity contribution in [2.24, 2.45) is 5.92 Å². The Morgan fingerprint density at radius 3 is 2.65 bits per heavy atom. The number of pyridine rings is 1. The maximum Gasteiger partial charge on any atom is 0.249 e. The van der Waals surface area contributed by atoms with Gasteiger partial charge in [-0.1, -0.05) is 12.1 Å². The van der Waals surface area contributed by atoms with E-state index < -0.39 is 11.8 Å². The molecule has 0 bridgehead atoms. The fourth-order valence-electron chi connectivity index (χ4n) is 3.87. The lowest BCUT2D eigenvalue weighted by atomic mass is 9.80. The number of carbonyl (C=O) groups excluding carboxylic acids is 1. The first-order valence-electron chi connectivity index (χ1n) is 9.18. The van der Waals surface area contributed by atoms with Gasteiger partial charge in [0.25, 0.3) is 0 Å². The van der Waals surface area contributed by atoms with E-state index in [9.17, 15) is 13.6 Å². The molecule has 0 spiro atoms. The van der Waals surface area contributed by atoms with Crippen LogP contribution >= 0.6 is 0 Å². The largest absolute Gasteiger partial charge is 0.490 e. The van der Waals surface area contributed by atoms with Crippen molar-refractivity contribution in [2.75, 3.05) is 0 Å². The van der Waals surface area contributed by atoms with E-state index in [1.807, 2.05) is 30.5 Å². The number of aromatic nitrogens is 1. The van der Waals surface area contributed by atoms with Crippen LogP contribution in [0.15, 0.2) is 36.7 Å². The lowest BCUT2D eigenvalue weighted by Gasteiger charge is -2.36. The molecule has 0 radical (unpaired) electrons. The van der Waals surface area contributed by atoms with Crippen molar-refractivity contribution < 1.29 is 18.3 Å². The van der Waals surface area contributed by atoms with E-state index in [-0.39, 0.29) is 30.9 Å². The van der Waals surface area contributed by atoms with Gasteiger partial charge in [0, 0.05) is 48.0 Å². The van der Waals surface area contributed by atoms with Gasteiger partial charge >= 0.3 is 0 Å². The summed E-state index contributed by atoms with van der Waals surface area (Å²) in [6, 6.07) is 7.94. The molecule has 2 saturated carbocycles. The minimum Gasteiger partial charge on any atom is -0.490 e. The number of rotatable bonds is 4. The van der Waals surface area contributed by atoms with Crippen molar-refractivity contribution >= 4 is 16.7 Å². The summed E-state index contributed by atoms with van der Waals surface area (Å²) in [6.45, 7) is 0. The van der Waals surface area contributed by atoms with E-state index >= 15 is 0 Å². The molecule has 1 N–H and O–H groups in total. The Morgan fingerprint density at radius 2 is 1.92 bits per heavy atom. The topological polar surface area (TPSA) is 51.2 Å². The molecular weight excluding hydrogens is 338 g/mol. The van der Waals surface area contributed by atoms with Crippen LogP contribution in [0.2, 0.25) is 0 Å². The first-order valence-corrected chi connectivity index (χ1v) is 9.18. The summed E-state index contributed by atoms with van der Waals surface area (Å²) in [5.74, 6) is -2.54. The van der Waals surface area contributed by atoms with Gasteiger partial charge in [-0.3, -0.25) is 9.78 Å². The standard InChI is InChI=1S/C20H22F2N2O2/c21-20(22)10-14(11-20)19(25)24-15-4-6-16(7-5-15)26-18-3-1-2-13-12-23-9-8-17(13)18/h1-3,8-9,12,14-16H,4-7,10-11H2,(H,24,25). The molecule has 0 aliphatic heterocycles. The van der Waals surface area contributed by atoms with Gasteiger partial charge in [0.2, 0.25) is 11.8 Å². The number of carbonyl (C=O) groups is 1.